The molecule has 1 aliphatic carbocycles. The Morgan fingerprint density at radius 3 is 2.65 bits per heavy atom. The van der Waals surface area contributed by atoms with Gasteiger partial charge in [-0.2, -0.15) is 0 Å². The van der Waals surface area contributed by atoms with Crippen LogP contribution in [0, 0.1) is 5.92 Å². The summed E-state index contributed by atoms with van der Waals surface area (Å²) in [6.45, 7) is 2.53. The Hall–Kier alpha value is -2.30. The van der Waals surface area contributed by atoms with Crippen molar-refractivity contribution in [3.05, 3.63) is 40.3 Å². The molecule has 0 radical (unpaired) electrons. The molecule has 0 spiro atoms. The van der Waals surface area contributed by atoms with Crippen molar-refractivity contribution >= 4 is 32.1 Å². The summed E-state index contributed by atoms with van der Waals surface area (Å²) in [5.41, 5.74) is 1.65. The van der Waals surface area contributed by atoms with E-state index in [1.54, 1.807) is 42.7 Å². The SMILES string of the molecule is COc1ccc(OCC(O)CNc2sc3c(c2C(=O)NC2CCS(=O)(=O)C2)CCC(C)C3)cc1. The lowest BCUT2D eigenvalue weighted by Crippen LogP contribution is -2.36. The molecule has 3 atom stereocenters. The van der Waals surface area contributed by atoms with E-state index in [-0.39, 0.29) is 36.6 Å². The van der Waals surface area contributed by atoms with Crippen LogP contribution in [-0.2, 0) is 22.7 Å². The van der Waals surface area contributed by atoms with Gasteiger partial charge in [-0.25, -0.2) is 8.42 Å². The van der Waals surface area contributed by atoms with E-state index in [4.69, 9.17) is 9.47 Å². The second kappa shape index (κ2) is 10.5. The maximum Gasteiger partial charge on any atom is 0.254 e. The Labute approximate surface area is 204 Å². The van der Waals surface area contributed by atoms with Crippen LogP contribution in [0.2, 0.25) is 0 Å². The van der Waals surface area contributed by atoms with Crippen LogP contribution in [0.4, 0.5) is 5.00 Å². The lowest BCUT2D eigenvalue weighted by Gasteiger charge is -2.19. The monoisotopic (exact) mass is 508 g/mol. The van der Waals surface area contributed by atoms with Gasteiger partial charge in [-0.1, -0.05) is 6.92 Å². The van der Waals surface area contributed by atoms with E-state index in [2.05, 4.69) is 17.6 Å². The molecule has 186 valence electrons. The third-order valence-corrected chi connectivity index (χ3v) is 9.29. The van der Waals surface area contributed by atoms with Gasteiger partial charge < -0.3 is 25.2 Å². The molecular weight excluding hydrogens is 476 g/mol. The van der Waals surface area contributed by atoms with Crippen molar-refractivity contribution in [1.82, 2.24) is 5.32 Å². The minimum absolute atomic E-state index is 0.00766. The number of carbonyl (C=O) groups is 1. The average Bonchev–Trinajstić information content (AvgIpc) is 3.34. The second-order valence-corrected chi connectivity index (χ2v) is 12.5. The Balaban J connectivity index is 1.41. The Bertz CT molecular complexity index is 1110. The van der Waals surface area contributed by atoms with E-state index >= 15 is 0 Å². The molecule has 3 N–H and O–H groups in total. The summed E-state index contributed by atoms with van der Waals surface area (Å²) in [6.07, 6.45) is 2.42. The highest BCUT2D eigenvalue weighted by atomic mass is 32.2. The van der Waals surface area contributed by atoms with Crippen molar-refractivity contribution in [3.8, 4) is 11.5 Å². The van der Waals surface area contributed by atoms with E-state index in [9.17, 15) is 18.3 Å². The lowest BCUT2D eigenvalue weighted by atomic mass is 9.88. The number of nitrogens with one attached hydrogen (secondary N) is 2. The maximum atomic E-state index is 13.2. The fourth-order valence-electron chi connectivity index (χ4n) is 4.42. The van der Waals surface area contributed by atoms with Gasteiger partial charge in [0.05, 0.1) is 24.2 Å². The summed E-state index contributed by atoms with van der Waals surface area (Å²) >= 11 is 1.56. The van der Waals surface area contributed by atoms with Crippen molar-refractivity contribution in [3.63, 3.8) is 0 Å². The zero-order valence-corrected chi connectivity index (χ0v) is 21.1. The van der Waals surface area contributed by atoms with Crippen molar-refractivity contribution < 1.29 is 27.8 Å². The number of sulfone groups is 1. The highest BCUT2D eigenvalue weighted by Gasteiger charge is 2.32. The molecule has 1 fully saturated rings. The quantitative estimate of drug-likeness (QED) is 0.477. The van der Waals surface area contributed by atoms with Crippen LogP contribution in [0.3, 0.4) is 0 Å². The smallest absolute Gasteiger partial charge is 0.254 e. The highest BCUT2D eigenvalue weighted by molar-refractivity contribution is 7.91. The first-order valence-electron chi connectivity index (χ1n) is 11.6. The second-order valence-electron chi connectivity index (χ2n) is 9.15. The number of aliphatic hydroxyl groups excluding tert-OH is 1. The van der Waals surface area contributed by atoms with Crippen LogP contribution in [0.1, 0.15) is 40.6 Å². The molecule has 0 bridgehead atoms. The third kappa shape index (κ3) is 6.03. The van der Waals surface area contributed by atoms with Gasteiger partial charge in [0.15, 0.2) is 9.84 Å². The van der Waals surface area contributed by atoms with Crippen LogP contribution < -0.4 is 20.1 Å². The number of benzene rings is 1. The van der Waals surface area contributed by atoms with Crippen molar-refractivity contribution in [2.24, 2.45) is 5.92 Å². The van der Waals surface area contributed by atoms with Crippen LogP contribution in [-0.4, -0.2) is 63.3 Å². The molecule has 3 unspecified atom stereocenters. The van der Waals surface area contributed by atoms with Gasteiger partial charge in [0.2, 0.25) is 0 Å². The summed E-state index contributed by atoms with van der Waals surface area (Å²) in [4.78, 5) is 14.4. The minimum Gasteiger partial charge on any atom is -0.497 e. The fraction of sp³-hybridized carbons (Fsp3) is 0.542. The first-order valence-corrected chi connectivity index (χ1v) is 14.2. The predicted octanol–water partition coefficient (Wildman–Crippen LogP) is 2.65. The van der Waals surface area contributed by atoms with Crippen molar-refractivity contribution in [1.29, 1.82) is 0 Å². The Morgan fingerprint density at radius 1 is 1.24 bits per heavy atom. The lowest BCUT2D eigenvalue weighted by molar-refractivity contribution is 0.0940. The van der Waals surface area contributed by atoms with Crippen molar-refractivity contribution in [2.45, 2.75) is 44.8 Å². The molecule has 1 aromatic carbocycles. The fourth-order valence-corrected chi connectivity index (χ4v) is 7.50. The van der Waals surface area contributed by atoms with E-state index in [0.717, 1.165) is 35.6 Å². The predicted molar refractivity (Wildman–Crippen MR) is 133 cm³/mol. The molecule has 2 heterocycles. The van der Waals surface area contributed by atoms with E-state index in [0.29, 0.717) is 23.7 Å². The molecule has 2 aromatic rings. The van der Waals surface area contributed by atoms with E-state index in [1.807, 2.05) is 0 Å². The van der Waals surface area contributed by atoms with Gasteiger partial charge in [0, 0.05) is 17.5 Å². The topological polar surface area (TPSA) is 114 Å². The molecule has 1 aliphatic heterocycles. The minimum atomic E-state index is -3.08. The molecule has 1 aromatic heterocycles. The average molecular weight is 509 g/mol. The number of carbonyl (C=O) groups excluding carboxylic acids is 1. The molecule has 2 aliphatic rings. The molecular formula is C24H32N2O6S2. The highest BCUT2D eigenvalue weighted by Crippen LogP contribution is 2.39. The third-order valence-electron chi connectivity index (χ3n) is 6.31. The molecule has 1 amide bonds. The number of hydrogen-bond donors (Lipinski definition) is 3. The van der Waals surface area contributed by atoms with Gasteiger partial charge in [-0.05, 0) is 61.4 Å². The van der Waals surface area contributed by atoms with Crippen LogP contribution in [0.15, 0.2) is 24.3 Å². The van der Waals surface area contributed by atoms with E-state index in [1.165, 1.54) is 4.88 Å². The normalized spacial score (nSPS) is 22.0. The van der Waals surface area contributed by atoms with Gasteiger partial charge in [0.1, 0.15) is 29.2 Å². The largest absolute Gasteiger partial charge is 0.497 e. The summed E-state index contributed by atoms with van der Waals surface area (Å²) in [7, 11) is -1.49. The number of anilines is 1. The molecule has 8 nitrogen and oxygen atoms in total. The van der Waals surface area contributed by atoms with Gasteiger partial charge >= 0.3 is 0 Å². The number of fused-ring (bicyclic) bond motifs is 1. The van der Waals surface area contributed by atoms with Crippen molar-refractivity contribution in [2.75, 3.05) is 37.1 Å². The van der Waals surface area contributed by atoms with Crippen LogP contribution >= 0.6 is 11.3 Å². The van der Waals surface area contributed by atoms with Gasteiger partial charge in [-0.15, -0.1) is 11.3 Å². The zero-order chi connectivity index (χ0) is 24.3. The Kier molecular flexibility index (Phi) is 7.69. The van der Waals surface area contributed by atoms with Gasteiger partial charge in [-0.3, -0.25) is 4.79 Å². The first-order chi connectivity index (χ1) is 16.2. The number of amides is 1. The molecule has 1 saturated heterocycles. The summed E-state index contributed by atoms with van der Waals surface area (Å²) in [5.74, 6) is 1.78. The summed E-state index contributed by atoms with van der Waals surface area (Å²) < 4.78 is 34.4. The maximum absolute atomic E-state index is 13.2. The number of ether oxygens (including phenoxy) is 2. The molecule has 0 saturated carbocycles. The summed E-state index contributed by atoms with van der Waals surface area (Å²) in [6, 6.07) is 6.78. The number of methoxy groups -OCH3 is 1. The number of hydrogen-bond acceptors (Lipinski definition) is 8. The first kappa shape index (κ1) is 24.8. The van der Waals surface area contributed by atoms with Crippen LogP contribution in [0.5, 0.6) is 11.5 Å². The zero-order valence-electron chi connectivity index (χ0n) is 19.5. The molecule has 4 rings (SSSR count). The van der Waals surface area contributed by atoms with Crippen LogP contribution in [0.25, 0.3) is 0 Å². The number of aliphatic hydroxyl groups is 1. The Morgan fingerprint density at radius 2 is 1.97 bits per heavy atom. The number of rotatable bonds is 9. The standard InChI is InChI=1S/C24H32N2O6S2/c1-15-3-8-20-21(11-15)33-24(22(20)23(28)26-16-9-10-34(29,30)14-16)25-12-17(27)13-32-19-6-4-18(31-2)5-7-19/h4-7,15-17,25,27H,3,8-14H2,1-2H3,(H,26,28). The molecule has 34 heavy (non-hydrogen) atoms. The van der Waals surface area contributed by atoms with Gasteiger partial charge in [0.25, 0.3) is 5.91 Å². The number of thiophene rings is 1. The van der Waals surface area contributed by atoms with E-state index < -0.39 is 15.9 Å². The summed E-state index contributed by atoms with van der Waals surface area (Å²) in [5, 5.41) is 17.4. The molecule has 10 heteroatoms.